The quantitative estimate of drug-likeness (QED) is 0.678. The number of ether oxygens (including phenoxy) is 2. The second-order valence-corrected chi connectivity index (χ2v) is 7.56. The van der Waals surface area contributed by atoms with E-state index in [0.29, 0.717) is 29.5 Å². The van der Waals surface area contributed by atoms with Crippen molar-refractivity contribution in [2.24, 2.45) is 5.92 Å². The van der Waals surface area contributed by atoms with Crippen molar-refractivity contribution in [1.82, 2.24) is 20.5 Å². The van der Waals surface area contributed by atoms with Gasteiger partial charge in [-0.05, 0) is 49.1 Å². The first kappa shape index (κ1) is 18.5. The molecule has 2 N–H and O–H groups in total. The number of carbonyl (C=O) groups excluding carboxylic acids is 1. The summed E-state index contributed by atoms with van der Waals surface area (Å²) in [5.41, 5.74) is 2.40. The van der Waals surface area contributed by atoms with E-state index in [1.54, 1.807) is 24.4 Å². The monoisotopic (exact) mass is 405 g/mol. The number of aromatic nitrogens is 3. The molecule has 1 amide bonds. The zero-order valence-electron chi connectivity index (χ0n) is 16.5. The van der Waals surface area contributed by atoms with Crippen molar-refractivity contribution in [3.8, 4) is 22.9 Å². The average molecular weight is 405 g/mol. The van der Waals surface area contributed by atoms with Crippen molar-refractivity contribution in [1.29, 1.82) is 0 Å². The van der Waals surface area contributed by atoms with Crippen LogP contribution in [0.3, 0.4) is 0 Å². The van der Waals surface area contributed by atoms with E-state index in [4.69, 9.17) is 9.47 Å². The van der Waals surface area contributed by atoms with Gasteiger partial charge in [-0.3, -0.25) is 14.9 Å². The molecule has 2 aromatic heterocycles. The molecule has 2 aliphatic rings. The van der Waals surface area contributed by atoms with Gasteiger partial charge in [-0.15, -0.1) is 0 Å². The number of nitrogens with one attached hydrogen (secondary N) is 2. The minimum atomic E-state index is -0.0805. The lowest BCUT2D eigenvalue weighted by molar-refractivity contribution is 0.0944. The van der Waals surface area contributed by atoms with Gasteiger partial charge in [-0.25, -0.2) is 0 Å². The Labute approximate surface area is 174 Å². The number of rotatable bonds is 5. The number of H-pyrrole nitrogens is 1. The van der Waals surface area contributed by atoms with Crippen molar-refractivity contribution in [2.75, 3.05) is 31.3 Å². The molecular formula is C22H23N5O3. The molecule has 8 heteroatoms. The van der Waals surface area contributed by atoms with Crippen molar-refractivity contribution in [3.63, 3.8) is 0 Å². The Morgan fingerprint density at radius 3 is 2.83 bits per heavy atom. The van der Waals surface area contributed by atoms with E-state index in [1.165, 1.54) is 0 Å². The molecule has 0 saturated carbocycles. The van der Waals surface area contributed by atoms with Crippen LogP contribution in [0, 0.1) is 5.92 Å². The molecule has 154 valence electrons. The van der Waals surface area contributed by atoms with Crippen LogP contribution in [0.1, 0.15) is 23.2 Å². The molecule has 8 nitrogen and oxygen atoms in total. The van der Waals surface area contributed by atoms with Crippen LogP contribution in [0.2, 0.25) is 0 Å². The van der Waals surface area contributed by atoms with Crippen LogP contribution in [0.5, 0.6) is 11.5 Å². The average Bonchev–Trinajstić information content (AvgIpc) is 3.48. The van der Waals surface area contributed by atoms with E-state index >= 15 is 0 Å². The Kier molecular flexibility index (Phi) is 4.96. The fourth-order valence-electron chi connectivity index (χ4n) is 3.87. The molecular weight excluding hydrogens is 382 g/mol. The van der Waals surface area contributed by atoms with Gasteiger partial charge in [0.25, 0.3) is 5.91 Å². The fraction of sp³-hybridized carbons (Fsp3) is 0.318. The summed E-state index contributed by atoms with van der Waals surface area (Å²) in [4.78, 5) is 19.1. The Hall–Kier alpha value is -3.55. The second-order valence-electron chi connectivity index (χ2n) is 7.56. The van der Waals surface area contributed by atoms with E-state index in [2.05, 4.69) is 25.4 Å². The summed E-state index contributed by atoms with van der Waals surface area (Å²) in [6.45, 7) is 2.70. The van der Waals surface area contributed by atoms with Gasteiger partial charge in [-0.1, -0.05) is 6.07 Å². The number of amides is 1. The Bertz CT molecular complexity index is 1030. The summed E-state index contributed by atoms with van der Waals surface area (Å²) >= 11 is 0. The van der Waals surface area contributed by atoms with Crippen LogP contribution in [0.25, 0.3) is 11.4 Å². The van der Waals surface area contributed by atoms with Gasteiger partial charge in [0, 0.05) is 37.5 Å². The lowest BCUT2D eigenvalue weighted by Gasteiger charge is -2.32. The number of benzene rings is 1. The van der Waals surface area contributed by atoms with E-state index in [-0.39, 0.29) is 12.7 Å². The van der Waals surface area contributed by atoms with Crippen molar-refractivity contribution >= 4 is 11.7 Å². The smallest absolute Gasteiger partial charge is 0.251 e. The van der Waals surface area contributed by atoms with Gasteiger partial charge in [0.2, 0.25) is 6.79 Å². The Morgan fingerprint density at radius 2 is 2.00 bits per heavy atom. The third-order valence-electron chi connectivity index (χ3n) is 5.63. The van der Waals surface area contributed by atoms with Gasteiger partial charge < -0.3 is 19.7 Å². The molecule has 0 radical (unpaired) electrons. The Balaban J connectivity index is 1.12. The van der Waals surface area contributed by atoms with E-state index < -0.39 is 0 Å². The van der Waals surface area contributed by atoms with Crippen molar-refractivity contribution in [3.05, 3.63) is 54.2 Å². The van der Waals surface area contributed by atoms with Gasteiger partial charge in [0.05, 0.1) is 11.4 Å². The maximum atomic E-state index is 12.5. The molecule has 2 aliphatic heterocycles. The first-order chi connectivity index (χ1) is 14.8. The summed E-state index contributed by atoms with van der Waals surface area (Å²) in [5.74, 6) is 2.62. The molecule has 3 aromatic rings. The molecule has 1 fully saturated rings. The molecule has 0 aliphatic carbocycles. The van der Waals surface area contributed by atoms with E-state index in [1.807, 2.05) is 24.3 Å². The third-order valence-corrected chi connectivity index (χ3v) is 5.63. The van der Waals surface area contributed by atoms with Gasteiger partial charge in [0.15, 0.2) is 17.3 Å². The van der Waals surface area contributed by atoms with Crippen molar-refractivity contribution < 1.29 is 14.3 Å². The molecule has 0 atom stereocenters. The molecule has 1 saturated heterocycles. The summed E-state index contributed by atoms with van der Waals surface area (Å²) < 4.78 is 10.6. The number of piperidine rings is 1. The number of hydrogen-bond donors (Lipinski definition) is 2. The predicted molar refractivity (Wildman–Crippen MR) is 112 cm³/mol. The molecule has 0 unspecified atom stereocenters. The van der Waals surface area contributed by atoms with Crippen LogP contribution >= 0.6 is 0 Å². The normalized spacial score (nSPS) is 15.9. The van der Waals surface area contributed by atoms with E-state index in [0.717, 1.165) is 43.1 Å². The lowest BCUT2D eigenvalue weighted by Crippen LogP contribution is -2.38. The highest BCUT2D eigenvalue weighted by Crippen LogP contribution is 2.32. The predicted octanol–water partition coefficient (Wildman–Crippen LogP) is 2.85. The largest absolute Gasteiger partial charge is 0.454 e. The number of hydrogen-bond acceptors (Lipinski definition) is 6. The topological polar surface area (TPSA) is 92.4 Å². The number of carbonyl (C=O) groups is 1. The molecule has 30 heavy (non-hydrogen) atoms. The SMILES string of the molecule is O=C(NCC1CCN(c2cc(-c3ccccn3)[nH]n2)CC1)c1ccc2c(c1)OCO2. The van der Waals surface area contributed by atoms with Crippen LogP contribution in [-0.2, 0) is 0 Å². The van der Waals surface area contributed by atoms with Crippen LogP contribution in [-0.4, -0.2) is 47.5 Å². The lowest BCUT2D eigenvalue weighted by atomic mass is 9.96. The highest BCUT2D eigenvalue weighted by atomic mass is 16.7. The van der Waals surface area contributed by atoms with Gasteiger partial charge in [-0.2, -0.15) is 5.10 Å². The first-order valence-electron chi connectivity index (χ1n) is 10.2. The fourth-order valence-corrected chi connectivity index (χ4v) is 3.87. The van der Waals surface area contributed by atoms with Gasteiger partial charge in [0.1, 0.15) is 0 Å². The molecule has 1 aromatic carbocycles. The second kappa shape index (κ2) is 8.06. The highest BCUT2D eigenvalue weighted by molar-refractivity contribution is 5.94. The van der Waals surface area contributed by atoms with Crippen LogP contribution in [0.4, 0.5) is 5.82 Å². The van der Waals surface area contributed by atoms with Gasteiger partial charge >= 0.3 is 0 Å². The molecule has 0 spiro atoms. The van der Waals surface area contributed by atoms with Crippen molar-refractivity contribution in [2.45, 2.75) is 12.8 Å². The summed E-state index contributed by atoms with van der Waals surface area (Å²) in [6.07, 6.45) is 3.79. The Morgan fingerprint density at radius 1 is 1.13 bits per heavy atom. The zero-order chi connectivity index (χ0) is 20.3. The summed E-state index contributed by atoms with van der Waals surface area (Å²) in [7, 11) is 0. The van der Waals surface area contributed by atoms with Crippen LogP contribution in [0.15, 0.2) is 48.7 Å². The third kappa shape index (κ3) is 3.80. The van der Waals surface area contributed by atoms with E-state index in [9.17, 15) is 4.79 Å². The number of aromatic amines is 1. The van der Waals surface area contributed by atoms with Crippen LogP contribution < -0.4 is 19.7 Å². The molecule has 4 heterocycles. The number of nitrogens with zero attached hydrogens (tertiary/aromatic N) is 3. The number of fused-ring (bicyclic) bond motifs is 1. The molecule has 0 bridgehead atoms. The standard InChI is InChI=1S/C22H23N5O3/c28-22(16-4-5-19-20(11-16)30-14-29-19)24-13-15-6-9-27(10-7-15)21-12-18(25-26-21)17-3-1-2-8-23-17/h1-5,8,11-12,15H,6-7,9-10,13-14H2,(H,24,28)(H,25,26). The molecule has 5 rings (SSSR count). The maximum Gasteiger partial charge on any atom is 0.251 e. The maximum absolute atomic E-state index is 12.5. The zero-order valence-corrected chi connectivity index (χ0v) is 16.5. The highest BCUT2D eigenvalue weighted by Gasteiger charge is 2.22. The number of anilines is 1. The summed E-state index contributed by atoms with van der Waals surface area (Å²) in [5, 5.41) is 10.6. The number of pyridine rings is 1. The minimum absolute atomic E-state index is 0.0805. The minimum Gasteiger partial charge on any atom is -0.454 e. The first-order valence-corrected chi connectivity index (χ1v) is 10.2. The summed E-state index contributed by atoms with van der Waals surface area (Å²) in [6, 6.07) is 13.2.